The monoisotopic (exact) mass is 382 g/mol. The van der Waals surface area contributed by atoms with Crippen molar-refractivity contribution in [3.05, 3.63) is 59.7 Å². The number of aromatic hydroxyl groups is 2. The average Bonchev–Trinajstić information content (AvgIpc) is 2.65. The Labute approximate surface area is 162 Å². The van der Waals surface area contributed by atoms with Gasteiger partial charge in [-0.05, 0) is 48.2 Å². The molecule has 2 rings (SSSR count). The number of unbranched alkanes of at least 4 members (excludes halogenated alkanes) is 1. The normalized spacial score (nSPS) is 11.0. The van der Waals surface area contributed by atoms with Gasteiger partial charge in [-0.15, -0.1) is 0 Å². The number of nitrogens with zero attached hydrogens (tertiary/aromatic N) is 2. The Balaban J connectivity index is 1.58. The minimum Gasteiger partial charge on any atom is -0.508 e. The molecule has 0 heterocycles. The van der Waals surface area contributed by atoms with Gasteiger partial charge in [0.2, 0.25) is 11.8 Å². The topological polar surface area (TPSA) is 123 Å². The summed E-state index contributed by atoms with van der Waals surface area (Å²) in [7, 11) is 0. The first-order chi connectivity index (χ1) is 13.5. The van der Waals surface area contributed by atoms with Crippen LogP contribution in [0.2, 0.25) is 0 Å². The zero-order chi connectivity index (χ0) is 20.2. The van der Waals surface area contributed by atoms with Crippen molar-refractivity contribution in [1.82, 2.24) is 10.9 Å². The SMILES string of the molecule is O=C(CCCCC(=O)N/N=C/c1cccc(O)c1)N/N=C/c1cccc(O)c1. The largest absolute Gasteiger partial charge is 0.508 e. The number of carbonyl (C=O) groups is 2. The second kappa shape index (κ2) is 11.1. The van der Waals surface area contributed by atoms with E-state index in [2.05, 4.69) is 21.1 Å². The molecule has 4 N–H and O–H groups in total. The van der Waals surface area contributed by atoms with Gasteiger partial charge in [0.05, 0.1) is 12.4 Å². The van der Waals surface area contributed by atoms with Gasteiger partial charge in [0, 0.05) is 12.8 Å². The molecule has 28 heavy (non-hydrogen) atoms. The number of hydrazone groups is 2. The molecule has 8 nitrogen and oxygen atoms in total. The van der Waals surface area contributed by atoms with E-state index in [0.29, 0.717) is 24.0 Å². The summed E-state index contributed by atoms with van der Waals surface area (Å²) >= 11 is 0. The summed E-state index contributed by atoms with van der Waals surface area (Å²) < 4.78 is 0. The highest BCUT2D eigenvalue weighted by atomic mass is 16.3. The lowest BCUT2D eigenvalue weighted by Gasteiger charge is -2.01. The molecule has 2 aromatic rings. The van der Waals surface area contributed by atoms with Crippen LogP contribution in [0.15, 0.2) is 58.7 Å². The van der Waals surface area contributed by atoms with Crippen LogP contribution in [0.4, 0.5) is 0 Å². The Morgan fingerprint density at radius 1 is 0.786 bits per heavy atom. The van der Waals surface area contributed by atoms with Crippen LogP contribution in [0.1, 0.15) is 36.8 Å². The number of phenolic OH excluding ortho intramolecular Hbond substituents is 2. The standard InChI is InChI=1S/C20H22N4O4/c25-17-7-3-5-15(11-17)13-21-23-19(27)9-1-2-10-20(28)24-22-14-16-6-4-8-18(26)12-16/h3-8,11-14,25-26H,1-2,9-10H2,(H,23,27)(H,24,28)/b21-13+,22-14+. The Hall–Kier alpha value is -3.68. The van der Waals surface area contributed by atoms with E-state index in [1.807, 2.05) is 0 Å². The average molecular weight is 382 g/mol. The van der Waals surface area contributed by atoms with Crippen LogP contribution in [0.3, 0.4) is 0 Å². The fourth-order valence-electron chi connectivity index (χ4n) is 2.25. The summed E-state index contributed by atoms with van der Waals surface area (Å²) in [4.78, 5) is 23.4. The van der Waals surface area contributed by atoms with Gasteiger partial charge in [-0.1, -0.05) is 24.3 Å². The molecule has 0 bridgehead atoms. The van der Waals surface area contributed by atoms with Gasteiger partial charge in [0.1, 0.15) is 11.5 Å². The highest BCUT2D eigenvalue weighted by molar-refractivity contribution is 5.83. The van der Waals surface area contributed by atoms with Crippen molar-refractivity contribution < 1.29 is 19.8 Å². The Bertz CT molecular complexity index is 793. The van der Waals surface area contributed by atoms with Gasteiger partial charge < -0.3 is 10.2 Å². The number of phenols is 2. The molecular formula is C20H22N4O4. The number of hydrogen-bond acceptors (Lipinski definition) is 6. The minimum absolute atomic E-state index is 0.125. The number of rotatable bonds is 9. The van der Waals surface area contributed by atoms with Crippen molar-refractivity contribution in [1.29, 1.82) is 0 Å². The van der Waals surface area contributed by atoms with Crippen molar-refractivity contribution in [2.24, 2.45) is 10.2 Å². The highest BCUT2D eigenvalue weighted by Crippen LogP contribution is 2.09. The summed E-state index contributed by atoms with van der Waals surface area (Å²) in [6.07, 6.45) is 4.45. The molecule has 0 saturated heterocycles. The van der Waals surface area contributed by atoms with Crippen molar-refractivity contribution in [3.63, 3.8) is 0 Å². The van der Waals surface area contributed by atoms with Crippen molar-refractivity contribution in [2.75, 3.05) is 0 Å². The number of amides is 2. The second-order valence-corrected chi connectivity index (χ2v) is 5.98. The van der Waals surface area contributed by atoms with Crippen LogP contribution in [-0.2, 0) is 9.59 Å². The summed E-state index contributed by atoms with van der Waals surface area (Å²) in [5.74, 6) is -0.253. The predicted molar refractivity (Wildman–Crippen MR) is 106 cm³/mol. The van der Waals surface area contributed by atoms with Gasteiger partial charge in [-0.25, -0.2) is 10.9 Å². The molecule has 0 atom stereocenters. The smallest absolute Gasteiger partial charge is 0.240 e. The third kappa shape index (κ3) is 8.13. The van der Waals surface area contributed by atoms with E-state index in [1.54, 1.807) is 36.4 Å². The third-order valence-corrected chi connectivity index (χ3v) is 3.60. The molecule has 0 aromatic heterocycles. The van der Waals surface area contributed by atoms with Crippen molar-refractivity contribution >= 4 is 24.2 Å². The first-order valence-electron chi connectivity index (χ1n) is 8.75. The number of hydrogen-bond donors (Lipinski definition) is 4. The first kappa shape index (κ1) is 20.6. The molecule has 0 spiro atoms. The van der Waals surface area contributed by atoms with Gasteiger partial charge in [0.25, 0.3) is 0 Å². The van der Waals surface area contributed by atoms with Crippen LogP contribution < -0.4 is 10.9 Å². The fourth-order valence-corrected chi connectivity index (χ4v) is 2.25. The van der Waals surface area contributed by atoms with E-state index in [0.717, 1.165) is 0 Å². The molecule has 2 aromatic carbocycles. The summed E-state index contributed by atoms with van der Waals surface area (Å²) in [5.41, 5.74) is 6.14. The lowest BCUT2D eigenvalue weighted by molar-refractivity contribution is -0.123. The molecule has 0 aliphatic heterocycles. The molecule has 2 amide bonds. The van der Waals surface area contributed by atoms with E-state index in [9.17, 15) is 19.8 Å². The zero-order valence-electron chi connectivity index (χ0n) is 15.2. The predicted octanol–water partition coefficient (Wildman–Crippen LogP) is 2.26. The maximum absolute atomic E-state index is 11.7. The quantitative estimate of drug-likeness (QED) is 0.302. The van der Waals surface area contributed by atoms with Crippen LogP contribution in [-0.4, -0.2) is 34.5 Å². The van der Waals surface area contributed by atoms with Crippen LogP contribution in [0, 0.1) is 0 Å². The molecule has 0 aliphatic carbocycles. The number of carbonyl (C=O) groups excluding carboxylic acids is 2. The Kier molecular flexibility index (Phi) is 8.19. The molecule has 0 aliphatic rings. The Morgan fingerprint density at radius 3 is 1.61 bits per heavy atom. The fraction of sp³-hybridized carbons (Fsp3) is 0.200. The Morgan fingerprint density at radius 2 is 1.21 bits per heavy atom. The maximum atomic E-state index is 11.7. The zero-order valence-corrected chi connectivity index (χ0v) is 15.2. The van der Waals surface area contributed by atoms with Crippen molar-refractivity contribution in [2.45, 2.75) is 25.7 Å². The van der Waals surface area contributed by atoms with Gasteiger partial charge >= 0.3 is 0 Å². The van der Waals surface area contributed by atoms with Crippen LogP contribution in [0.5, 0.6) is 11.5 Å². The van der Waals surface area contributed by atoms with E-state index in [1.165, 1.54) is 24.6 Å². The van der Waals surface area contributed by atoms with E-state index >= 15 is 0 Å². The summed E-state index contributed by atoms with van der Waals surface area (Å²) in [6.45, 7) is 0. The molecule has 0 saturated carbocycles. The van der Waals surface area contributed by atoms with E-state index < -0.39 is 0 Å². The van der Waals surface area contributed by atoms with Gasteiger partial charge in [0.15, 0.2) is 0 Å². The highest BCUT2D eigenvalue weighted by Gasteiger charge is 2.03. The second-order valence-electron chi connectivity index (χ2n) is 5.98. The molecular weight excluding hydrogens is 360 g/mol. The van der Waals surface area contributed by atoms with Crippen molar-refractivity contribution in [3.8, 4) is 11.5 Å². The lowest BCUT2D eigenvalue weighted by atomic mass is 10.2. The number of nitrogens with one attached hydrogen (secondary N) is 2. The maximum Gasteiger partial charge on any atom is 0.240 e. The lowest BCUT2D eigenvalue weighted by Crippen LogP contribution is -2.19. The molecule has 0 fully saturated rings. The minimum atomic E-state index is -0.251. The molecule has 146 valence electrons. The van der Waals surface area contributed by atoms with Gasteiger partial charge in [-0.3, -0.25) is 9.59 Å². The van der Waals surface area contributed by atoms with Crippen LogP contribution in [0.25, 0.3) is 0 Å². The third-order valence-electron chi connectivity index (χ3n) is 3.60. The van der Waals surface area contributed by atoms with E-state index in [4.69, 9.17) is 0 Å². The summed E-state index contributed by atoms with van der Waals surface area (Å²) in [5, 5.41) is 26.3. The van der Waals surface area contributed by atoms with Crippen LogP contribution >= 0.6 is 0 Å². The summed E-state index contributed by atoms with van der Waals surface area (Å²) in [6, 6.07) is 13.0. The van der Waals surface area contributed by atoms with E-state index in [-0.39, 0.29) is 36.2 Å². The molecule has 8 heteroatoms. The molecule has 0 unspecified atom stereocenters. The molecule has 0 radical (unpaired) electrons. The number of benzene rings is 2. The first-order valence-corrected chi connectivity index (χ1v) is 8.75. The van der Waals surface area contributed by atoms with Gasteiger partial charge in [-0.2, -0.15) is 10.2 Å².